The molecule has 0 unspecified atom stereocenters. The molecule has 9 nitrogen and oxygen atoms in total. The molecular weight excluding hydrogens is 372 g/mol. The van der Waals surface area contributed by atoms with Crippen LogP contribution in [0.4, 0.5) is 10.6 Å². The highest BCUT2D eigenvalue weighted by Gasteiger charge is 2.28. The fourth-order valence-corrected chi connectivity index (χ4v) is 3.89. The minimum Gasteiger partial charge on any atom is -0.474 e. The van der Waals surface area contributed by atoms with Crippen molar-refractivity contribution < 1.29 is 14.3 Å². The summed E-state index contributed by atoms with van der Waals surface area (Å²) in [4.78, 5) is 24.9. The van der Waals surface area contributed by atoms with Crippen LogP contribution in [0.15, 0.2) is 12.5 Å². The first-order valence-corrected chi connectivity index (χ1v) is 10.1. The third-order valence-corrected chi connectivity index (χ3v) is 5.48. The molecule has 0 radical (unpaired) electrons. The van der Waals surface area contributed by atoms with E-state index in [1.54, 1.807) is 11.2 Å². The van der Waals surface area contributed by atoms with E-state index in [2.05, 4.69) is 20.0 Å². The molecule has 2 aliphatic heterocycles. The van der Waals surface area contributed by atoms with Crippen molar-refractivity contribution in [2.75, 3.05) is 18.0 Å². The summed E-state index contributed by atoms with van der Waals surface area (Å²) in [6.45, 7) is 8.54. The molecule has 2 aliphatic rings. The maximum absolute atomic E-state index is 12.0. The first kappa shape index (κ1) is 19.5. The van der Waals surface area contributed by atoms with Crippen molar-refractivity contribution in [3.63, 3.8) is 0 Å². The molecule has 0 atom stereocenters. The fourth-order valence-electron chi connectivity index (χ4n) is 3.89. The first-order valence-electron chi connectivity index (χ1n) is 10.1. The lowest BCUT2D eigenvalue weighted by atomic mass is 10.1. The van der Waals surface area contributed by atoms with Gasteiger partial charge in [0, 0.05) is 45.1 Å². The number of anilines is 1. The molecule has 2 aromatic heterocycles. The van der Waals surface area contributed by atoms with Gasteiger partial charge in [0.15, 0.2) is 0 Å². The lowest BCUT2D eigenvalue weighted by Gasteiger charge is -2.32. The molecular formula is C20H28N6O3. The van der Waals surface area contributed by atoms with E-state index in [4.69, 9.17) is 9.47 Å². The van der Waals surface area contributed by atoms with Gasteiger partial charge in [-0.2, -0.15) is 5.10 Å². The Morgan fingerprint density at radius 2 is 1.97 bits per heavy atom. The molecule has 0 spiro atoms. The van der Waals surface area contributed by atoms with Crippen molar-refractivity contribution in [2.45, 2.75) is 58.9 Å². The second-order valence-electron chi connectivity index (χ2n) is 7.96. The Morgan fingerprint density at radius 1 is 1.21 bits per heavy atom. The predicted octanol–water partition coefficient (Wildman–Crippen LogP) is 2.43. The number of rotatable bonds is 4. The second kappa shape index (κ2) is 7.88. The molecule has 4 rings (SSSR count). The number of fused-ring (bicyclic) bond motifs is 1. The molecule has 0 aromatic carbocycles. The van der Waals surface area contributed by atoms with Crippen LogP contribution in [0.2, 0.25) is 0 Å². The minimum absolute atomic E-state index is 0.0273. The summed E-state index contributed by atoms with van der Waals surface area (Å²) in [6.07, 6.45) is 4.67. The van der Waals surface area contributed by atoms with Crippen LogP contribution in [0, 0.1) is 6.92 Å². The van der Waals surface area contributed by atoms with E-state index in [1.807, 2.05) is 38.7 Å². The highest BCUT2D eigenvalue weighted by molar-refractivity contribution is 5.67. The molecule has 0 N–H and O–H groups in total. The Bertz CT molecular complexity index is 888. The number of hydrogen-bond acceptors (Lipinski definition) is 7. The molecule has 0 bridgehead atoms. The number of nitrogens with zero attached hydrogens (tertiary/aromatic N) is 6. The lowest BCUT2D eigenvalue weighted by Crippen LogP contribution is -2.42. The summed E-state index contributed by atoms with van der Waals surface area (Å²) in [6, 6.07) is 0. The van der Waals surface area contributed by atoms with E-state index in [0.29, 0.717) is 19.0 Å². The van der Waals surface area contributed by atoms with Gasteiger partial charge in [0.2, 0.25) is 5.88 Å². The molecule has 9 heteroatoms. The van der Waals surface area contributed by atoms with Crippen molar-refractivity contribution in [1.29, 1.82) is 0 Å². The van der Waals surface area contributed by atoms with Gasteiger partial charge < -0.3 is 19.3 Å². The molecule has 0 aliphatic carbocycles. The monoisotopic (exact) mass is 400 g/mol. The molecule has 2 aromatic rings. The summed E-state index contributed by atoms with van der Waals surface area (Å²) >= 11 is 0. The molecule has 29 heavy (non-hydrogen) atoms. The number of likely N-dealkylation sites (tertiary alicyclic amines) is 1. The third kappa shape index (κ3) is 3.99. The lowest BCUT2D eigenvalue weighted by molar-refractivity contribution is 0.0505. The second-order valence-corrected chi connectivity index (χ2v) is 7.96. The van der Waals surface area contributed by atoms with E-state index in [1.165, 1.54) is 11.3 Å². The molecule has 1 saturated heterocycles. The van der Waals surface area contributed by atoms with Crippen molar-refractivity contribution in [3.8, 4) is 5.88 Å². The number of hydrogen-bond donors (Lipinski definition) is 0. The summed E-state index contributed by atoms with van der Waals surface area (Å²) in [5, 5.41) is 4.31. The van der Waals surface area contributed by atoms with Crippen LogP contribution < -0.4 is 9.64 Å². The Balaban J connectivity index is 1.38. The zero-order valence-corrected chi connectivity index (χ0v) is 17.5. The molecule has 156 valence electrons. The van der Waals surface area contributed by atoms with Gasteiger partial charge in [-0.3, -0.25) is 4.68 Å². The van der Waals surface area contributed by atoms with Gasteiger partial charge in [0.25, 0.3) is 0 Å². The predicted molar refractivity (Wildman–Crippen MR) is 107 cm³/mol. The van der Waals surface area contributed by atoms with Crippen molar-refractivity contribution in [1.82, 2.24) is 24.6 Å². The van der Waals surface area contributed by atoms with E-state index in [0.717, 1.165) is 37.3 Å². The zero-order chi connectivity index (χ0) is 20.5. The van der Waals surface area contributed by atoms with Crippen molar-refractivity contribution in [3.05, 3.63) is 29.3 Å². The number of carbonyl (C=O) groups excluding carboxylic acids is 1. The molecule has 0 saturated carbocycles. The zero-order valence-electron chi connectivity index (χ0n) is 17.5. The van der Waals surface area contributed by atoms with Crippen LogP contribution in [0.3, 0.4) is 0 Å². The number of amides is 1. The Kier molecular flexibility index (Phi) is 5.29. The highest BCUT2D eigenvalue weighted by Crippen LogP contribution is 2.32. The fraction of sp³-hybridized carbons (Fsp3) is 0.600. The average Bonchev–Trinajstić information content (AvgIpc) is 3.25. The standard InChI is InChI=1S/C20H28N6O3/c1-13(2)28-20(27)25-7-5-16(6-8-25)29-19-14(3)18(21-12-22-19)26-10-15-9-23-24(4)17(15)11-26/h9,12-13,16H,5-8,10-11H2,1-4H3. The first-order chi connectivity index (χ1) is 13.9. The van der Waals surface area contributed by atoms with Crippen LogP contribution in [-0.2, 0) is 24.9 Å². The number of aryl methyl sites for hydroxylation is 1. The van der Waals surface area contributed by atoms with Crippen LogP contribution in [0.25, 0.3) is 0 Å². The number of aromatic nitrogens is 4. The SMILES string of the molecule is Cc1c(OC2CCN(C(=O)OC(C)C)CC2)ncnc1N1Cc2cnn(C)c2C1. The van der Waals surface area contributed by atoms with Crippen LogP contribution in [0.1, 0.15) is 43.5 Å². The Morgan fingerprint density at radius 3 is 2.66 bits per heavy atom. The summed E-state index contributed by atoms with van der Waals surface area (Å²) in [5.41, 5.74) is 3.38. The summed E-state index contributed by atoms with van der Waals surface area (Å²) < 4.78 is 13.4. The summed E-state index contributed by atoms with van der Waals surface area (Å²) in [7, 11) is 1.97. The van der Waals surface area contributed by atoms with Gasteiger partial charge in [-0.05, 0) is 20.8 Å². The number of piperidine rings is 1. The van der Waals surface area contributed by atoms with Gasteiger partial charge >= 0.3 is 6.09 Å². The molecule has 4 heterocycles. The van der Waals surface area contributed by atoms with Gasteiger partial charge in [0.05, 0.1) is 30.1 Å². The molecule has 1 fully saturated rings. The largest absolute Gasteiger partial charge is 0.474 e. The quantitative estimate of drug-likeness (QED) is 0.779. The van der Waals surface area contributed by atoms with E-state index in [9.17, 15) is 4.79 Å². The normalized spacial score (nSPS) is 17.0. The smallest absolute Gasteiger partial charge is 0.410 e. The van der Waals surface area contributed by atoms with E-state index in [-0.39, 0.29) is 18.3 Å². The Labute approximate surface area is 170 Å². The average molecular weight is 400 g/mol. The topological polar surface area (TPSA) is 85.6 Å². The van der Waals surface area contributed by atoms with Crippen LogP contribution in [-0.4, -0.2) is 56.0 Å². The third-order valence-electron chi connectivity index (χ3n) is 5.48. The maximum Gasteiger partial charge on any atom is 0.410 e. The van der Waals surface area contributed by atoms with Crippen molar-refractivity contribution >= 4 is 11.9 Å². The number of carbonyl (C=O) groups is 1. The van der Waals surface area contributed by atoms with Crippen LogP contribution >= 0.6 is 0 Å². The van der Waals surface area contributed by atoms with Gasteiger partial charge in [-0.15, -0.1) is 0 Å². The van der Waals surface area contributed by atoms with E-state index >= 15 is 0 Å². The van der Waals surface area contributed by atoms with Crippen molar-refractivity contribution in [2.24, 2.45) is 7.05 Å². The highest BCUT2D eigenvalue weighted by atomic mass is 16.6. The summed E-state index contributed by atoms with van der Waals surface area (Å²) in [5.74, 6) is 1.51. The minimum atomic E-state index is -0.248. The maximum atomic E-state index is 12.0. The Hall–Kier alpha value is -2.84. The van der Waals surface area contributed by atoms with Gasteiger partial charge in [0.1, 0.15) is 18.2 Å². The number of ether oxygens (including phenoxy) is 2. The van der Waals surface area contributed by atoms with Crippen LogP contribution in [0.5, 0.6) is 5.88 Å². The van der Waals surface area contributed by atoms with Gasteiger partial charge in [-0.1, -0.05) is 0 Å². The van der Waals surface area contributed by atoms with Gasteiger partial charge in [-0.25, -0.2) is 14.8 Å². The van der Waals surface area contributed by atoms with E-state index < -0.39 is 0 Å². The molecule has 1 amide bonds.